The highest BCUT2D eigenvalue weighted by molar-refractivity contribution is 8.19. The molecule has 1 aromatic carbocycles. The van der Waals surface area contributed by atoms with Crippen molar-refractivity contribution >= 4 is 34.7 Å². The maximum atomic E-state index is 12.5. The summed E-state index contributed by atoms with van der Waals surface area (Å²) < 4.78 is 5.44. The first kappa shape index (κ1) is 14.7. The summed E-state index contributed by atoms with van der Waals surface area (Å²) in [4.78, 5) is 26.4. The number of nitrogens with zero attached hydrogens (tertiary/aromatic N) is 1. The number of furan rings is 1. The van der Waals surface area contributed by atoms with Crippen LogP contribution in [0.1, 0.15) is 22.6 Å². The highest BCUT2D eigenvalue weighted by Gasteiger charge is 2.37. The van der Waals surface area contributed by atoms with Crippen molar-refractivity contribution in [2.45, 2.75) is 20.8 Å². The second-order valence-corrected chi connectivity index (χ2v) is 6.25. The van der Waals surface area contributed by atoms with Gasteiger partial charge >= 0.3 is 0 Å². The van der Waals surface area contributed by atoms with Crippen LogP contribution >= 0.6 is 11.8 Å². The van der Waals surface area contributed by atoms with Gasteiger partial charge in [-0.15, -0.1) is 0 Å². The van der Waals surface area contributed by atoms with E-state index in [2.05, 4.69) is 0 Å². The number of carbonyl (C=O) groups is 2. The van der Waals surface area contributed by atoms with Crippen molar-refractivity contribution in [1.82, 2.24) is 0 Å². The van der Waals surface area contributed by atoms with Crippen molar-refractivity contribution in [3.63, 3.8) is 0 Å². The van der Waals surface area contributed by atoms with Crippen LogP contribution in [-0.4, -0.2) is 11.1 Å². The lowest BCUT2D eigenvalue weighted by atomic mass is 10.1. The molecule has 0 bridgehead atoms. The smallest absolute Gasteiger partial charge is 0.298 e. The zero-order valence-electron chi connectivity index (χ0n) is 12.5. The normalized spacial score (nSPS) is 16.9. The molecule has 0 aliphatic carbocycles. The highest BCUT2D eigenvalue weighted by atomic mass is 32.2. The molecule has 4 nitrogen and oxygen atoms in total. The Labute approximate surface area is 132 Å². The predicted molar refractivity (Wildman–Crippen MR) is 87.8 cm³/mol. The lowest BCUT2D eigenvalue weighted by Crippen LogP contribution is -2.28. The van der Waals surface area contributed by atoms with Crippen LogP contribution in [0.3, 0.4) is 0 Å². The van der Waals surface area contributed by atoms with Gasteiger partial charge in [0.05, 0.1) is 10.6 Å². The number of thioether (sulfide) groups is 1. The Bertz CT molecular complexity index is 804. The third-order valence-corrected chi connectivity index (χ3v) is 4.29. The number of hydrogen-bond donors (Lipinski definition) is 0. The summed E-state index contributed by atoms with van der Waals surface area (Å²) in [6.45, 7) is 5.70. The van der Waals surface area contributed by atoms with Crippen molar-refractivity contribution in [3.05, 3.63) is 57.9 Å². The molecule has 0 spiro atoms. The van der Waals surface area contributed by atoms with Crippen LogP contribution < -0.4 is 4.90 Å². The van der Waals surface area contributed by atoms with Gasteiger partial charge in [-0.1, -0.05) is 17.7 Å². The quantitative estimate of drug-likeness (QED) is 0.769. The third kappa shape index (κ3) is 2.60. The minimum absolute atomic E-state index is 0.286. The summed E-state index contributed by atoms with van der Waals surface area (Å²) in [5.41, 5.74) is 2.62. The van der Waals surface area contributed by atoms with Gasteiger partial charge in [-0.05, 0) is 56.3 Å². The summed E-state index contributed by atoms with van der Waals surface area (Å²) in [7, 11) is 0. The van der Waals surface area contributed by atoms with E-state index in [0.29, 0.717) is 16.4 Å². The highest BCUT2D eigenvalue weighted by Crippen LogP contribution is 2.37. The lowest BCUT2D eigenvalue weighted by molar-refractivity contribution is -0.113. The fourth-order valence-corrected chi connectivity index (χ4v) is 3.21. The van der Waals surface area contributed by atoms with E-state index in [4.69, 9.17) is 4.42 Å². The van der Waals surface area contributed by atoms with Crippen molar-refractivity contribution in [3.8, 4) is 0 Å². The Kier molecular flexibility index (Phi) is 3.66. The number of aryl methyl sites for hydroxylation is 3. The average Bonchev–Trinajstić information content (AvgIpc) is 2.96. The van der Waals surface area contributed by atoms with E-state index >= 15 is 0 Å². The third-order valence-electron chi connectivity index (χ3n) is 3.42. The van der Waals surface area contributed by atoms with Crippen molar-refractivity contribution < 1.29 is 14.0 Å². The van der Waals surface area contributed by atoms with Crippen LogP contribution in [0.4, 0.5) is 10.5 Å². The van der Waals surface area contributed by atoms with Crippen LogP contribution in [0.25, 0.3) is 6.08 Å². The number of carbonyl (C=O) groups excluding carboxylic acids is 2. The van der Waals surface area contributed by atoms with E-state index in [1.165, 1.54) is 4.90 Å². The average molecular weight is 313 g/mol. The number of amides is 2. The van der Waals surface area contributed by atoms with E-state index in [1.807, 2.05) is 39.0 Å². The molecule has 1 saturated heterocycles. The van der Waals surface area contributed by atoms with E-state index in [-0.39, 0.29) is 11.1 Å². The van der Waals surface area contributed by atoms with E-state index in [0.717, 1.165) is 28.6 Å². The first-order chi connectivity index (χ1) is 10.5. The van der Waals surface area contributed by atoms with Crippen LogP contribution in [0.15, 0.2) is 39.7 Å². The number of anilines is 1. The molecule has 1 fully saturated rings. The molecule has 112 valence electrons. The minimum Gasteiger partial charge on any atom is -0.462 e. The summed E-state index contributed by atoms with van der Waals surface area (Å²) >= 11 is 0.932. The van der Waals surface area contributed by atoms with Crippen LogP contribution in [-0.2, 0) is 4.79 Å². The Morgan fingerprint density at radius 1 is 1.09 bits per heavy atom. The Morgan fingerprint density at radius 2 is 1.86 bits per heavy atom. The predicted octanol–water partition coefficient (Wildman–Crippen LogP) is 4.45. The van der Waals surface area contributed by atoms with E-state index in [9.17, 15) is 9.59 Å². The van der Waals surface area contributed by atoms with Crippen molar-refractivity contribution in [2.24, 2.45) is 0 Å². The molecule has 0 N–H and O–H groups in total. The van der Waals surface area contributed by atoms with Gasteiger partial charge in [0.15, 0.2) is 0 Å². The van der Waals surface area contributed by atoms with Gasteiger partial charge in [-0.3, -0.25) is 9.59 Å². The van der Waals surface area contributed by atoms with Crippen LogP contribution in [0.2, 0.25) is 0 Å². The van der Waals surface area contributed by atoms with Gasteiger partial charge in [0.2, 0.25) is 0 Å². The van der Waals surface area contributed by atoms with Crippen LogP contribution in [0, 0.1) is 20.8 Å². The number of benzene rings is 1. The molecule has 0 saturated carbocycles. The van der Waals surface area contributed by atoms with Gasteiger partial charge in [0.1, 0.15) is 11.5 Å². The molecular weight excluding hydrogens is 298 g/mol. The molecule has 1 aliphatic heterocycles. The fraction of sp³-hybridized carbons (Fsp3) is 0.176. The Morgan fingerprint density at radius 3 is 2.50 bits per heavy atom. The lowest BCUT2D eigenvalue weighted by Gasteiger charge is -2.15. The second kappa shape index (κ2) is 5.50. The minimum atomic E-state index is -0.309. The van der Waals surface area contributed by atoms with Gasteiger partial charge in [0.25, 0.3) is 11.1 Å². The molecule has 2 amide bonds. The maximum Gasteiger partial charge on any atom is 0.298 e. The number of rotatable bonds is 2. The molecule has 0 atom stereocenters. The zero-order chi connectivity index (χ0) is 15.9. The van der Waals surface area contributed by atoms with Gasteiger partial charge in [-0.2, -0.15) is 0 Å². The molecule has 1 aromatic heterocycles. The second-order valence-electron chi connectivity index (χ2n) is 5.26. The molecule has 0 radical (unpaired) electrons. The molecule has 0 unspecified atom stereocenters. The van der Waals surface area contributed by atoms with Crippen molar-refractivity contribution in [1.29, 1.82) is 0 Å². The number of imide groups is 1. The maximum absolute atomic E-state index is 12.5. The molecule has 2 heterocycles. The molecule has 3 rings (SSSR count). The van der Waals surface area contributed by atoms with Gasteiger partial charge in [0, 0.05) is 6.08 Å². The standard InChI is InChI=1S/C17H15NO3S/c1-10-4-7-14(11(2)8-10)18-16(19)15(22-17(18)20)9-13-6-5-12(3)21-13/h4-9H,1-3H3/b15-9+. The Balaban J connectivity index is 1.96. The molecule has 2 aromatic rings. The molecule has 1 aliphatic rings. The zero-order valence-corrected chi connectivity index (χ0v) is 13.4. The largest absolute Gasteiger partial charge is 0.462 e. The summed E-state index contributed by atoms with van der Waals surface area (Å²) in [6, 6.07) is 9.25. The summed E-state index contributed by atoms with van der Waals surface area (Å²) in [5, 5.41) is -0.286. The Hall–Kier alpha value is -2.27. The molecule has 5 heteroatoms. The summed E-state index contributed by atoms with van der Waals surface area (Å²) in [5.74, 6) is 1.03. The topological polar surface area (TPSA) is 50.5 Å². The van der Waals surface area contributed by atoms with Gasteiger partial charge in [-0.25, -0.2) is 4.90 Å². The van der Waals surface area contributed by atoms with Gasteiger partial charge < -0.3 is 4.42 Å². The van der Waals surface area contributed by atoms with E-state index in [1.54, 1.807) is 18.2 Å². The number of hydrogen-bond acceptors (Lipinski definition) is 4. The SMILES string of the molecule is Cc1ccc(N2C(=O)S/C(=C/c3ccc(C)o3)C2=O)c(C)c1. The van der Waals surface area contributed by atoms with E-state index < -0.39 is 0 Å². The first-order valence-corrected chi connectivity index (χ1v) is 7.69. The van der Waals surface area contributed by atoms with Crippen LogP contribution in [0.5, 0.6) is 0 Å². The fourth-order valence-electron chi connectivity index (χ4n) is 2.39. The summed E-state index contributed by atoms with van der Waals surface area (Å²) in [6.07, 6.45) is 1.61. The first-order valence-electron chi connectivity index (χ1n) is 6.87. The monoisotopic (exact) mass is 313 g/mol. The molecular formula is C17H15NO3S. The molecule has 22 heavy (non-hydrogen) atoms. The van der Waals surface area contributed by atoms with Crippen molar-refractivity contribution in [2.75, 3.05) is 4.90 Å².